The van der Waals surface area contributed by atoms with Crippen molar-refractivity contribution in [2.24, 2.45) is 0 Å². The number of carbonyl (C=O) groups excluding carboxylic acids is 1. The number of amides is 1. The molecule has 1 amide bonds. The Bertz CT molecular complexity index is 1010. The highest BCUT2D eigenvalue weighted by atomic mass is 32.2. The molecule has 0 aliphatic carbocycles. The van der Waals surface area contributed by atoms with Crippen LogP contribution in [0.4, 0.5) is 11.4 Å². The predicted octanol–water partition coefficient (Wildman–Crippen LogP) is 4.15. The molecule has 0 fully saturated rings. The smallest absolute Gasteiger partial charge is 0.257 e. The monoisotopic (exact) mass is 391 g/mol. The number of para-hydroxylation sites is 1. The van der Waals surface area contributed by atoms with E-state index in [2.05, 4.69) is 25.4 Å². The van der Waals surface area contributed by atoms with Crippen molar-refractivity contribution in [2.45, 2.75) is 42.5 Å². The molecule has 142 valence electrons. The Kier molecular flexibility index (Phi) is 4.52. The normalized spacial score (nSPS) is 18.6. The number of rotatable bonds is 3. The van der Waals surface area contributed by atoms with Gasteiger partial charge >= 0.3 is 0 Å². The molecule has 2 aliphatic rings. The van der Waals surface area contributed by atoms with E-state index in [1.165, 1.54) is 31.0 Å². The van der Waals surface area contributed by atoms with Gasteiger partial charge in [-0.15, -0.1) is 10.2 Å². The lowest BCUT2D eigenvalue weighted by atomic mass is 10.2. The van der Waals surface area contributed by atoms with Crippen LogP contribution in [0.2, 0.25) is 0 Å². The molecular formula is C21H21N5OS. The molecule has 2 N–H and O–H groups in total. The Balaban J connectivity index is 1.34. The van der Waals surface area contributed by atoms with Crippen molar-refractivity contribution in [1.82, 2.24) is 14.8 Å². The zero-order chi connectivity index (χ0) is 18.9. The van der Waals surface area contributed by atoms with Crippen LogP contribution in [0.25, 0.3) is 11.4 Å². The Morgan fingerprint density at radius 3 is 2.79 bits per heavy atom. The van der Waals surface area contributed by atoms with Crippen molar-refractivity contribution >= 4 is 29.0 Å². The van der Waals surface area contributed by atoms with E-state index >= 15 is 0 Å². The standard InChI is InChI=1S/C21H21N5OS/c27-20-21(28-17-7-4-3-6-16(17)23-20)22-15-11-9-14(10-12-15)19-25-24-18-8-2-1-5-13-26(18)19/h3-4,6-7,9-12,21-22H,1-2,5,8,13H2,(H,23,27)/t21-/m1/s1. The van der Waals surface area contributed by atoms with Crippen LogP contribution in [0.5, 0.6) is 0 Å². The first-order valence-corrected chi connectivity index (χ1v) is 10.5. The second-order valence-electron chi connectivity index (χ2n) is 7.11. The molecular weight excluding hydrogens is 370 g/mol. The van der Waals surface area contributed by atoms with E-state index < -0.39 is 0 Å². The first-order chi connectivity index (χ1) is 13.8. The van der Waals surface area contributed by atoms with Crippen LogP contribution in [0.3, 0.4) is 0 Å². The Morgan fingerprint density at radius 2 is 1.89 bits per heavy atom. The number of aromatic nitrogens is 3. The summed E-state index contributed by atoms with van der Waals surface area (Å²) in [6.45, 7) is 0.982. The summed E-state index contributed by atoms with van der Waals surface area (Å²) >= 11 is 1.53. The average Bonchev–Trinajstić information content (AvgIpc) is 2.97. The lowest BCUT2D eigenvalue weighted by Gasteiger charge is -2.25. The molecule has 1 atom stereocenters. The van der Waals surface area contributed by atoms with E-state index in [9.17, 15) is 4.79 Å². The van der Waals surface area contributed by atoms with Gasteiger partial charge in [0, 0.05) is 29.1 Å². The van der Waals surface area contributed by atoms with Gasteiger partial charge in [0.25, 0.3) is 5.91 Å². The van der Waals surface area contributed by atoms with Crippen molar-refractivity contribution < 1.29 is 4.79 Å². The lowest BCUT2D eigenvalue weighted by molar-refractivity contribution is -0.115. The van der Waals surface area contributed by atoms with Gasteiger partial charge in [-0.1, -0.05) is 30.3 Å². The summed E-state index contributed by atoms with van der Waals surface area (Å²) in [5.74, 6) is 1.99. The molecule has 0 radical (unpaired) electrons. The number of thioether (sulfide) groups is 1. The average molecular weight is 392 g/mol. The fraction of sp³-hybridized carbons (Fsp3) is 0.286. The van der Waals surface area contributed by atoms with Crippen LogP contribution in [0.1, 0.15) is 25.1 Å². The zero-order valence-electron chi connectivity index (χ0n) is 15.4. The van der Waals surface area contributed by atoms with E-state index in [1.807, 2.05) is 48.5 Å². The second kappa shape index (κ2) is 7.31. The highest BCUT2D eigenvalue weighted by Gasteiger charge is 2.26. The lowest BCUT2D eigenvalue weighted by Crippen LogP contribution is -2.34. The third-order valence-electron chi connectivity index (χ3n) is 5.18. The first-order valence-electron chi connectivity index (χ1n) is 9.63. The summed E-state index contributed by atoms with van der Waals surface area (Å²) in [7, 11) is 0. The Labute approximate surface area is 167 Å². The SMILES string of the molecule is O=C1Nc2ccccc2S[C@H]1Nc1ccc(-c2nnc3n2CCCCC3)cc1. The number of aryl methyl sites for hydroxylation is 1. The van der Waals surface area contributed by atoms with Gasteiger partial charge in [-0.05, 0) is 49.2 Å². The van der Waals surface area contributed by atoms with Crippen molar-refractivity contribution in [2.75, 3.05) is 10.6 Å². The third kappa shape index (κ3) is 3.26. The number of carbonyl (C=O) groups is 1. The molecule has 5 rings (SSSR count). The van der Waals surface area contributed by atoms with Crippen LogP contribution in [-0.2, 0) is 17.8 Å². The number of nitrogens with zero attached hydrogens (tertiary/aromatic N) is 3. The van der Waals surface area contributed by atoms with Gasteiger partial charge in [0.05, 0.1) is 5.69 Å². The molecule has 3 aromatic rings. The number of anilines is 2. The number of benzene rings is 2. The predicted molar refractivity (Wildman–Crippen MR) is 111 cm³/mol. The minimum atomic E-state index is -0.356. The summed E-state index contributed by atoms with van der Waals surface area (Å²) in [4.78, 5) is 13.5. The van der Waals surface area contributed by atoms with Gasteiger partial charge < -0.3 is 15.2 Å². The zero-order valence-corrected chi connectivity index (χ0v) is 16.2. The van der Waals surface area contributed by atoms with E-state index in [4.69, 9.17) is 0 Å². The summed E-state index contributed by atoms with van der Waals surface area (Å²) in [5.41, 5.74) is 2.84. The first kappa shape index (κ1) is 17.3. The van der Waals surface area contributed by atoms with Gasteiger partial charge in [-0.3, -0.25) is 4.79 Å². The number of hydrogen-bond acceptors (Lipinski definition) is 5. The second-order valence-corrected chi connectivity index (χ2v) is 8.25. The van der Waals surface area contributed by atoms with Gasteiger partial charge in [0.1, 0.15) is 5.82 Å². The quantitative estimate of drug-likeness (QED) is 0.702. The van der Waals surface area contributed by atoms with E-state index in [0.29, 0.717) is 0 Å². The maximum Gasteiger partial charge on any atom is 0.257 e. The molecule has 0 unspecified atom stereocenters. The van der Waals surface area contributed by atoms with Gasteiger partial charge in [0.15, 0.2) is 11.2 Å². The molecule has 0 saturated heterocycles. The summed E-state index contributed by atoms with van der Waals surface area (Å²) in [6, 6.07) is 16.0. The molecule has 0 bridgehead atoms. The fourth-order valence-electron chi connectivity index (χ4n) is 3.71. The molecule has 7 heteroatoms. The Hall–Kier alpha value is -2.80. The molecule has 0 spiro atoms. The summed E-state index contributed by atoms with van der Waals surface area (Å²) < 4.78 is 2.25. The largest absolute Gasteiger partial charge is 0.365 e. The molecule has 6 nitrogen and oxygen atoms in total. The van der Waals surface area contributed by atoms with Crippen LogP contribution < -0.4 is 10.6 Å². The number of nitrogens with one attached hydrogen (secondary N) is 2. The topological polar surface area (TPSA) is 71.8 Å². The highest BCUT2D eigenvalue weighted by Crippen LogP contribution is 2.36. The minimum Gasteiger partial charge on any atom is -0.365 e. The van der Waals surface area contributed by atoms with Crippen molar-refractivity contribution in [1.29, 1.82) is 0 Å². The third-order valence-corrected chi connectivity index (χ3v) is 6.36. The van der Waals surface area contributed by atoms with Crippen molar-refractivity contribution in [3.8, 4) is 11.4 Å². The van der Waals surface area contributed by atoms with Crippen LogP contribution in [0, 0.1) is 0 Å². The van der Waals surface area contributed by atoms with Gasteiger partial charge in [-0.25, -0.2) is 0 Å². The minimum absolute atomic E-state index is 0.0319. The molecule has 0 saturated carbocycles. The summed E-state index contributed by atoms with van der Waals surface area (Å²) in [5, 5.41) is 14.7. The van der Waals surface area contributed by atoms with Crippen LogP contribution in [-0.4, -0.2) is 26.0 Å². The maximum absolute atomic E-state index is 12.4. The van der Waals surface area contributed by atoms with E-state index in [0.717, 1.165) is 46.4 Å². The van der Waals surface area contributed by atoms with Crippen molar-refractivity contribution in [3.63, 3.8) is 0 Å². The van der Waals surface area contributed by atoms with E-state index in [1.54, 1.807) is 0 Å². The highest BCUT2D eigenvalue weighted by molar-refractivity contribution is 8.01. The molecule has 2 aromatic carbocycles. The molecule has 1 aromatic heterocycles. The number of fused-ring (bicyclic) bond motifs is 2. The van der Waals surface area contributed by atoms with Crippen LogP contribution in [0.15, 0.2) is 53.4 Å². The molecule has 28 heavy (non-hydrogen) atoms. The molecule has 2 aliphatic heterocycles. The summed E-state index contributed by atoms with van der Waals surface area (Å²) in [6.07, 6.45) is 4.61. The van der Waals surface area contributed by atoms with E-state index in [-0.39, 0.29) is 11.3 Å². The van der Waals surface area contributed by atoms with Gasteiger partial charge in [-0.2, -0.15) is 0 Å². The van der Waals surface area contributed by atoms with Gasteiger partial charge in [0.2, 0.25) is 0 Å². The maximum atomic E-state index is 12.4. The van der Waals surface area contributed by atoms with Crippen molar-refractivity contribution in [3.05, 3.63) is 54.4 Å². The van der Waals surface area contributed by atoms with Crippen LogP contribution >= 0.6 is 11.8 Å². The number of hydrogen-bond donors (Lipinski definition) is 2. The Morgan fingerprint density at radius 1 is 1.04 bits per heavy atom. The molecule has 3 heterocycles. The fourth-order valence-corrected chi connectivity index (χ4v) is 4.73.